The normalized spacial score (nSPS) is 10.9. The highest BCUT2D eigenvalue weighted by molar-refractivity contribution is 7.13. The minimum atomic E-state index is -0.349. The Bertz CT molecular complexity index is 1260. The first-order valence-corrected chi connectivity index (χ1v) is 9.97. The SMILES string of the molecule is Cc1nc(-n2nc(-c3cccs3)cc2NC(=O)c2cccc(Cl)c2)[nH]c(=O)c1C. The third-order valence-electron chi connectivity index (χ3n) is 4.39. The van der Waals surface area contributed by atoms with E-state index in [0.717, 1.165) is 4.88 Å². The zero-order valence-electron chi connectivity index (χ0n) is 15.6. The molecule has 0 aliphatic heterocycles. The summed E-state index contributed by atoms with van der Waals surface area (Å²) in [6.45, 7) is 3.45. The molecule has 0 saturated heterocycles. The van der Waals surface area contributed by atoms with Gasteiger partial charge in [0.15, 0.2) is 0 Å². The van der Waals surface area contributed by atoms with E-state index >= 15 is 0 Å². The van der Waals surface area contributed by atoms with E-state index in [1.165, 1.54) is 16.0 Å². The predicted octanol–water partition coefficient (Wildman–Crippen LogP) is 4.21. The molecule has 3 heterocycles. The molecule has 29 heavy (non-hydrogen) atoms. The number of halogens is 1. The van der Waals surface area contributed by atoms with Gasteiger partial charge in [0, 0.05) is 27.9 Å². The Labute approximate surface area is 175 Å². The Hall–Kier alpha value is -3.23. The first-order valence-electron chi connectivity index (χ1n) is 8.71. The maximum atomic E-state index is 12.7. The Morgan fingerprint density at radius 3 is 2.72 bits per heavy atom. The average molecular weight is 426 g/mol. The van der Waals surface area contributed by atoms with Crippen LogP contribution in [-0.2, 0) is 0 Å². The van der Waals surface area contributed by atoms with Crippen LogP contribution in [-0.4, -0.2) is 25.7 Å². The van der Waals surface area contributed by atoms with Gasteiger partial charge in [-0.05, 0) is 43.5 Å². The number of amides is 1. The Balaban J connectivity index is 1.80. The second kappa shape index (κ2) is 7.65. The van der Waals surface area contributed by atoms with Crippen LogP contribution < -0.4 is 10.9 Å². The van der Waals surface area contributed by atoms with E-state index in [-0.39, 0.29) is 17.4 Å². The number of H-pyrrole nitrogens is 1. The molecular formula is C20H16ClN5O2S. The van der Waals surface area contributed by atoms with Crippen molar-refractivity contribution in [2.75, 3.05) is 5.32 Å². The zero-order chi connectivity index (χ0) is 20.5. The van der Waals surface area contributed by atoms with Crippen LogP contribution in [0, 0.1) is 13.8 Å². The number of thiophene rings is 1. The molecule has 0 aliphatic rings. The van der Waals surface area contributed by atoms with Gasteiger partial charge in [-0.3, -0.25) is 14.6 Å². The van der Waals surface area contributed by atoms with Crippen LogP contribution >= 0.6 is 22.9 Å². The number of nitrogens with one attached hydrogen (secondary N) is 2. The molecule has 0 spiro atoms. The van der Waals surface area contributed by atoms with Gasteiger partial charge >= 0.3 is 0 Å². The van der Waals surface area contributed by atoms with Crippen LogP contribution in [0.25, 0.3) is 16.5 Å². The van der Waals surface area contributed by atoms with Crippen LogP contribution in [0.2, 0.25) is 5.02 Å². The summed E-state index contributed by atoms with van der Waals surface area (Å²) in [4.78, 5) is 33.0. The van der Waals surface area contributed by atoms with E-state index < -0.39 is 0 Å². The van der Waals surface area contributed by atoms with Gasteiger partial charge in [-0.2, -0.15) is 9.78 Å². The van der Waals surface area contributed by atoms with E-state index in [4.69, 9.17) is 11.6 Å². The lowest BCUT2D eigenvalue weighted by Gasteiger charge is -2.09. The largest absolute Gasteiger partial charge is 0.306 e. The Morgan fingerprint density at radius 2 is 2.03 bits per heavy atom. The maximum Gasteiger partial charge on any atom is 0.256 e. The second-order valence-corrected chi connectivity index (χ2v) is 7.75. The number of aromatic nitrogens is 4. The molecule has 1 amide bonds. The summed E-state index contributed by atoms with van der Waals surface area (Å²) in [6.07, 6.45) is 0. The van der Waals surface area contributed by atoms with Crippen molar-refractivity contribution in [2.45, 2.75) is 13.8 Å². The summed E-state index contributed by atoms with van der Waals surface area (Å²) in [6, 6.07) is 12.2. The summed E-state index contributed by atoms with van der Waals surface area (Å²) in [7, 11) is 0. The lowest BCUT2D eigenvalue weighted by atomic mass is 10.2. The van der Waals surface area contributed by atoms with E-state index in [1.807, 2.05) is 17.5 Å². The van der Waals surface area contributed by atoms with Crippen molar-refractivity contribution >= 4 is 34.7 Å². The fourth-order valence-electron chi connectivity index (χ4n) is 2.73. The van der Waals surface area contributed by atoms with E-state index in [2.05, 4.69) is 20.4 Å². The fraction of sp³-hybridized carbons (Fsp3) is 0.100. The van der Waals surface area contributed by atoms with Gasteiger partial charge in [0.05, 0.1) is 4.88 Å². The molecule has 9 heteroatoms. The third-order valence-corrected chi connectivity index (χ3v) is 5.52. The third kappa shape index (κ3) is 3.85. The highest BCUT2D eigenvalue weighted by atomic mass is 35.5. The predicted molar refractivity (Wildman–Crippen MR) is 114 cm³/mol. The standard InChI is InChI=1S/C20H16ClN5O2S/c1-11-12(2)22-20(24-18(11)27)26-17(10-15(25-26)16-7-4-8-29-16)23-19(28)13-5-3-6-14(21)9-13/h3-10H,1-2H3,(H,23,28)(H,22,24,27). The molecule has 0 unspecified atom stereocenters. The lowest BCUT2D eigenvalue weighted by Crippen LogP contribution is -2.20. The van der Waals surface area contributed by atoms with Crippen molar-refractivity contribution in [3.8, 4) is 16.5 Å². The van der Waals surface area contributed by atoms with Gasteiger partial charge in [-0.25, -0.2) is 4.98 Å². The second-order valence-electron chi connectivity index (χ2n) is 6.37. The van der Waals surface area contributed by atoms with Crippen molar-refractivity contribution < 1.29 is 4.79 Å². The molecular weight excluding hydrogens is 410 g/mol. The van der Waals surface area contributed by atoms with Crippen LogP contribution in [0.1, 0.15) is 21.6 Å². The molecule has 7 nitrogen and oxygen atoms in total. The van der Waals surface area contributed by atoms with Crippen LogP contribution in [0.4, 0.5) is 5.82 Å². The molecule has 4 rings (SSSR count). The van der Waals surface area contributed by atoms with E-state index in [9.17, 15) is 9.59 Å². The molecule has 1 aromatic carbocycles. The summed E-state index contributed by atoms with van der Waals surface area (Å²) >= 11 is 7.52. The summed E-state index contributed by atoms with van der Waals surface area (Å²) < 4.78 is 1.42. The highest BCUT2D eigenvalue weighted by Gasteiger charge is 2.17. The van der Waals surface area contributed by atoms with Crippen LogP contribution in [0.3, 0.4) is 0 Å². The molecule has 0 fully saturated rings. The molecule has 0 aliphatic carbocycles. The van der Waals surface area contributed by atoms with Crippen molar-refractivity contribution in [1.29, 1.82) is 0 Å². The van der Waals surface area contributed by atoms with Crippen LogP contribution in [0.15, 0.2) is 52.6 Å². The highest BCUT2D eigenvalue weighted by Crippen LogP contribution is 2.27. The molecule has 4 aromatic rings. The lowest BCUT2D eigenvalue weighted by molar-refractivity contribution is 0.102. The number of carbonyl (C=O) groups is 1. The number of aryl methyl sites for hydroxylation is 1. The molecule has 0 bridgehead atoms. The number of hydrogen-bond acceptors (Lipinski definition) is 5. The number of aromatic amines is 1. The number of anilines is 1. The van der Waals surface area contributed by atoms with Gasteiger partial charge in [0.2, 0.25) is 5.95 Å². The fourth-order valence-corrected chi connectivity index (χ4v) is 3.60. The van der Waals surface area contributed by atoms with Crippen molar-refractivity contribution in [1.82, 2.24) is 19.7 Å². The zero-order valence-corrected chi connectivity index (χ0v) is 17.1. The minimum absolute atomic E-state index is 0.224. The van der Waals surface area contributed by atoms with Gasteiger partial charge in [0.1, 0.15) is 11.5 Å². The average Bonchev–Trinajstić information content (AvgIpc) is 3.35. The summed E-state index contributed by atoms with van der Waals surface area (Å²) in [5.74, 6) is 0.254. The van der Waals surface area contributed by atoms with E-state index in [0.29, 0.717) is 33.4 Å². The van der Waals surface area contributed by atoms with Crippen molar-refractivity contribution in [3.63, 3.8) is 0 Å². The molecule has 2 N–H and O–H groups in total. The first-order chi connectivity index (χ1) is 13.9. The van der Waals surface area contributed by atoms with Crippen LogP contribution in [0.5, 0.6) is 0 Å². The smallest absolute Gasteiger partial charge is 0.256 e. The minimum Gasteiger partial charge on any atom is -0.306 e. The molecule has 146 valence electrons. The van der Waals surface area contributed by atoms with Crippen molar-refractivity contribution in [2.24, 2.45) is 0 Å². The van der Waals surface area contributed by atoms with E-state index in [1.54, 1.807) is 44.2 Å². The summed E-state index contributed by atoms with van der Waals surface area (Å²) in [5.41, 5.74) is 1.92. The van der Waals surface area contributed by atoms with Gasteiger partial charge in [0.25, 0.3) is 11.5 Å². The summed E-state index contributed by atoms with van der Waals surface area (Å²) in [5, 5.41) is 9.79. The quantitative estimate of drug-likeness (QED) is 0.512. The molecule has 0 saturated carbocycles. The monoisotopic (exact) mass is 425 g/mol. The molecule has 3 aromatic heterocycles. The van der Waals surface area contributed by atoms with Gasteiger partial charge in [-0.1, -0.05) is 23.7 Å². The Kier molecular flexibility index (Phi) is 5.04. The topological polar surface area (TPSA) is 92.7 Å². The molecule has 0 radical (unpaired) electrons. The Morgan fingerprint density at radius 1 is 1.21 bits per heavy atom. The first kappa shape index (κ1) is 19.1. The number of carbonyl (C=O) groups excluding carboxylic acids is 1. The number of benzene rings is 1. The van der Waals surface area contributed by atoms with Gasteiger partial charge < -0.3 is 5.32 Å². The molecule has 0 atom stereocenters. The maximum absolute atomic E-state index is 12.7. The van der Waals surface area contributed by atoms with Gasteiger partial charge in [-0.15, -0.1) is 11.3 Å². The van der Waals surface area contributed by atoms with Crippen molar-refractivity contribution in [3.05, 3.63) is 80.0 Å². The number of rotatable bonds is 4. The number of nitrogens with zero attached hydrogens (tertiary/aromatic N) is 3. The number of hydrogen-bond donors (Lipinski definition) is 2.